The summed E-state index contributed by atoms with van der Waals surface area (Å²) in [6.45, 7) is 5.03. The summed E-state index contributed by atoms with van der Waals surface area (Å²) in [6, 6.07) is 13.1. The molecular formula is C15H20N2. The Morgan fingerprint density at radius 2 is 1.53 bits per heavy atom. The summed E-state index contributed by atoms with van der Waals surface area (Å²) in [5.74, 6) is 0. The van der Waals surface area contributed by atoms with Crippen molar-refractivity contribution in [3.63, 3.8) is 0 Å². The maximum absolute atomic E-state index is 5.52. The van der Waals surface area contributed by atoms with Crippen LogP contribution in [0.2, 0.25) is 0 Å². The molecule has 0 aliphatic carbocycles. The fourth-order valence-electron chi connectivity index (χ4n) is 2.19. The molecule has 0 saturated heterocycles. The third-order valence-corrected chi connectivity index (χ3v) is 3.14. The lowest BCUT2D eigenvalue weighted by molar-refractivity contribution is 0.831. The fourth-order valence-corrected chi connectivity index (χ4v) is 2.19. The van der Waals surface area contributed by atoms with E-state index >= 15 is 0 Å². The third-order valence-electron chi connectivity index (χ3n) is 3.14. The fraction of sp³-hybridized carbons (Fsp3) is 0.333. The zero-order valence-corrected chi connectivity index (χ0v) is 10.6. The van der Waals surface area contributed by atoms with Crippen molar-refractivity contribution >= 4 is 0 Å². The molecule has 0 aliphatic rings. The van der Waals surface area contributed by atoms with E-state index in [9.17, 15) is 0 Å². The first-order valence-electron chi connectivity index (χ1n) is 6.16. The van der Waals surface area contributed by atoms with Crippen LogP contribution < -0.4 is 5.73 Å². The molecule has 2 N–H and O–H groups in total. The standard InChI is InChI=1S/C15H20N2/c1-12-5-6-13(2)17(12)15-9-7-14(8-10-15)4-3-11-16/h5-10H,3-4,11,16H2,1-2H3. The van der Waals surface area contributed by atoms with Gasteiger partial charge < -0.3 is 10.3 Å². The van der Waals surface area contributed by atoms with Crippen LogP contribution in [-0.2, 0) is 6.42 Å². The molecule has 0 saturated carbocycles. The summed E-state index contributed by atoms with van der Waals surface area (Å²) in [5, 5.41) is 0. The summed E-state index contributed by atoms with van der Waals surface area (Å²) >= 11 is 0. The molecule has 0 bridgehead atoms. The molecule has 2 aromatic rings. The summed E-state index contributed by atoms with van der Waals surface area (Å²) in [4.78, 5) is 0. The minimum atomic E-state index is 0.761. The number of nitrogens with two attached hydrogens (primary N) is 1. The van der Waals surface area contributed by atoms with Crippen LogP contribution in [0.4, 0.5) is 0 Å². The van der Waals surface area contributed by atoms with Gasteiger partial charge in [-0.1, -0.05) is 12.1 Å². The Morgan fingerprint density at radius 3 is 2.06 bits per heavy atom. The molecule has 0 aliphatic heterocycles. The van der Waals surface area contributed by atoms with E-state index in [4.69, 9.17) is 5.73 Å². The second-order valence-electron chi connectivity index (χ2n) is 4.51. The predicted octanol–water partition coefficient (Wildman–Crippen LogP) is 2.99. The molecule has 0 radical (unpaired) electrons. The summed E-state index contributed by atoms with van der Waals surface area (Å²) in [6.07, 6.45) is 2.13. The molecule has 2 rings (SSSR count). The van der Waals surface area contributed by atoms with Gasteiger partial charge in [-0.15, -0.1) is 0 Å². The number of nitrogens with zero attached hydrogens (tertiary/aromatic N) is 1. The molecule has 2 heteroatoms. The number of hydrogen-bond acceptors (Lipinski definition) is 1. The van der Waals surface area contributed by atoms with Crippen molar-refractivity contribution in [2.75, 3.05) is 6.54 Å². The van der Waals surface area contributed by atoms with E-state index in [0.29, 0.717) is 0 Å². The van der Waals surface area contributed by atoms with Crippen molar-refractivity contribution in [2.45, 2.75) is 26.7 Å². The van der Waals surface area contributed by atoms with Crippen molar-refractivity contribution < 1.29 is 0 Å². The second kappa shape index (κ2) is 5.19. The van der Waals surface area contributed by atoms with E-state index in [2.05, 4.69) is 54.8 Å². The average Bonchev–Trinajstić information content (AvgIpc) is 2.67. The highest BCUT2D eigenvalue weighted by Gasteiger charge is 2.03. The highest BCUT2D eigenvalue weighted by atomic mass is 15.0. The van der Waals surface area contributed by atoms with Crippen LogP contribution in [0.25, 0.3) is 5.69 Å². The van der Waals surface area contributed by atoms with Crippen LogP contribution >= 0.6 is 0 Å². The van der Waals surface area contributed by atoms with Crippen LogP contribution in [0.3, 0.4) is 0 Å². The molecule has 0 amide bonds. The quantitative estimate of drug-likeness (QED) is 0.857. The van der Waals surface area contributed by atoms with Gasteiger partial charge in [0.15, 0.2) is 0 Å². The maximum Gasteiger partial charge on any atom is 0.0455 e. The molecule has 17 heavy (non-hydrogen) atoms. The zero-order valence-electron chi connectivity index (χ0n) is 10.6. The second-order valence-corrected chi connectivity index (χ2v) is 4.51. The lowest BCUT2D eigenvalue weighted by Crippen LogP contribution is -2.01. The maximum atomic E-state index is 5.52. The highest BCUT2D eigenvalue weighted by Crippen LogP contribution is 2.17. The highest BCUT2D eigenvalue weighted by molar-refractivity contribution is 5.39. The van der Waals surface area contributed by atoms with Crippen molar-refractivity contribution in [1.29, 1.82) is 0 Å². The van der Waals surface area contributed by atoms with E-state index in [1.54, 1.807) is 0 Å². The Bertz CT molecular complexity index is 461. The van der Waals surface area contributed by atoms with Gasteiger partial charge in [0.1, 0.15) is 0 Å². The van der Waals surface area contributed by atoms with E-state index in [1.807, 2.05) is 0 Å². The molecule has 0 fully saturated rings. The van der Waals surface area contributed by atoms with Crippen LogP contribution in [0, 0.1) is 13.8 Å². The lowest BCUT2D eigenvalue weighted by Gasteiger charge is -2.10. The van der Waals surface area contributed by atoms with Crippen molar-refractivity contribution in [1.82, 2.24) is 4.57 Å². The number of aromatic nitrogens is 1. The van der Waals surface area contributed by atoms with Crippen LogP contribution in [0.1, 0.15) is 23.4 Å². The van der Waals surface area contributed by atoms with Gasteiger partial charge in [0.25, 0.3) is 0 Å². The van der Waals surface area contributed by atoms with Gasteiger partial charge in [-0.25, -0.2) is 0 Å². The Balaban J connectivity index is 2.23. The van der Waals surface area contributed by atoms with Crippen molar-refractivity contribution in [2.24, 2.45) is 5.73 Å². The Kier molecular flexibility index (Phi) is 3.64. The molecular weight excluding hydrogens is 208 g/mol. The molecule has 2 nitrogen and oxygen atoms in total. The molecule has 1 aromatic heterocycles. The first kappa shape index (κ1) is 11.9. The predicted molar refractivity (Wildman–Crippen MR) is 72.6 cm³/mol. The molecule has 0 atom stereocenters. The summed E-state index contributed by atoms with van der Waals surface area (Å²) in [5.41, 5.74) is 10.7. The van der Waals surface area contributed by atoms with Crippen molar-refractivity contribution in [3.8, 4) is 5.69 Å². The minimum Gasteiger partial charge on any atom is -0.330 e. The minimum absolute atomic E-state index is 0.761. The van der Waals surface area contributed by atoms with E-state index in [-0.39, 0.29) is 0 Å². The molecule has 1 heterocycles. The average molecular weight is 228 g/mol. The van der Waals surface area contributed by atoms with Gasteiger partial charge in [-0.3, -0.25) is 0 Å². The van der Waals surface area contributed by atoms with Gasteiger partial charge in [-0.2, -0.15) is 0 Å². The smallest absolute Gasteiger partial charge is 0.0455 e. The Hall–Kier alpha value is -1.54. The topological polar surface area (TPSA) is 30.9 Å². The van der Waals surface area contributed by atoms with Crippen LogP contribution in [-0.4, -0.2) is 11.1 Å². The monoisotopic (exact) mass is 228 g/mol. The normalized spacial score (nSPS) is 10.8. The molecule has 1 aromatic carbocycles. The Morgan fingerprint density at radius 1 is 0.941 bits per heavy atom. The largest absolute Gasteiger partial charge is 0.330 e. The van der Waals surface area contributed by atoms with Gasteiger partial charge in [0.2, 0.25) is 0 Å². The first-order valence-corrected chi connectivity index (χ1v) is 6.16. The first-order chi connectivity index (χ1) is 8.22. The number of benzene rings is 1. The summed E-state index contributed by atoms with van der Waals surface area (Å²) in [7, 11) is 0. The third kappa shape index (κ3) is 2.59. The molecule has 0 spiro atoms. The summed E-state index contributed by atoms with van der Waals surface area (Å²) < 4.78 is 2.27. The Labute approximate surface area is 103 Å². The number of aryl methyl sites for hydroxylation is 3. The van der Waals surface area contributed by atoms with E-state index < -0.39 is 0 Å². The molecule has 0 unspecified atom stereocenters. The molecule has 90 valence electrons. The van der Waals surface area contributed by atoms with E-state index in [1.165, 1.54) is 22.6 Å². The van der Waals surface area contributed by atoms with Gasteiger partial charge in [0.05, 0.1) is 0 Å². The van der Waals surface area contributed by atoms with Gasteiger partial charge >= 0.3 is 0 Å². The van der Waals surface area contributed by atoms with Crippen LogP contribution in [0.5, 0.6) is 0 Å². The van der Waals surface area contributed by atoms with Crippen molar-refractivity contribution in [3.05, 3.63) is 53.3 Å². The number of rotatable bonds is 4. The van der Waals surface area contributed by atoms with Crippen LogP contribution in [0.15, 0.2) is 36.4 Å². The SMILES string of the molecule is Cc1ccc(C)n1-c1ccc(CCCN)cc1. The van der Waals surface area contributed by atoms with Gasteiger partial charge in [0, 0.05) is 17.1 Å². The number of hydrogen-bond donors (Lipinski definition) is 1. The van der Waals surface area contributed by atoms with E-state index in [0.717, 1.165) is 19.4 Å². The zero-order chi connectivity index (χ0) is 12.3. The van der Waals surface area contributed by atoms with Gasteiger partial charge in [-0.05, 0) is 63.1 Å². The lowest BCUT2D eigenvalue weighted by atomic mass is 10.1.